The highest BCUT2D eigenvalue weighted by atomic mass is 32.1. The summed E-state index contributed by atoms with van der Waals surface area (Å²) in [5.41, 5.74) is 1.03. The van der Waals surface area contributed by atoms with E-state index in [1.165, 1.54) is 4.70 Å². The van der Waals surface area contributed by atoms with Crippen LogP contribution in [0.5, 0.6) is 0 Å². The average molecular weight is 345 g/mol. The van der Waals surface area contributed by atoms with Gasteiger partial charge in [-0.15, -0.1) is 11.3 Å². The van der Waals surface area contributed by atoms with Gasteiger partial charge in [0, 0.05) is 19.7 Å². The Morgan fingerprint density at radius 1 is 1.33 bits per heavy atom. The molecule has 0 unspecified atom stereocenters. The van der Waals surface area contributed by atoms with Crippen molar-refractivity contribution in [1.29, 1.82) is 0 Å². The predicted octanol–water partition coefficient (Wildman–Crippen LogP) is 3.71. The van der Waals surface area contributed by atoms with Crippen LogP contribution in [0.2, 0.25) is 0 Å². The second-order valence-corrected chi connectivity index (χ2v) is 7.59. The molecule has 0 radical (unpaired) electrons. The zero-order chi connectivity index (χ0) is 16.4. The number of amides is 2. The van der Waals surface area contributed by atoms with Crippen LogP contribution in [0.1, 0.15) is 43.2 Å². The largest absolute Gasteiger partial charge is 0.378 e. The SMILES string of the molecule is O=C(NCC[C@@H]1CCCO1)N1CCC[C@@H]1c1nc2ccccc2s1. The average Bonchev–Trinajstić information content (AvgIpc) is 3.33. The number of carbonyl (C=O) groups is 1. The minimum Gasteiger partial charge on any atom is -0.378 e. The molecule has 5 nitrogen and oxygen atoms in total. The first-order valence-electron chi connectivity index (χ1n) is 8.83. The Hall–Kier alpha value is -1.66. The fraction of sp³-hybridized carbons (Fsp3) is 0.556. The number of nitrogens with one attached hydrogen (secondary N) is 1. The van der Waals surface area contributed by atoms with Crippen LogP contribution in [0.4, 0.5) is 4.79 Å². The van der Waals surface area contributed by atoms with Gasteiger partial charge in [-0.2, -0.15) is 0 Å². The molecule has 128 valence electrons. The number of urea groups is 1. The number of nitrogens with zero attached hydrogens (tertiary/aromatic N) is 2. The van der Waals surface area contributed by atoms with E-state index in [1.807, 2.05) is 23.1 Å². The summed E-state index contributed by atoms with van der Waals surface area (Å²) in [4.78, 5) is 19.3. The number of benzene rings is 1. The molecule has 3 heterocycles. The molecule has 6 heteroatoms. The van der Waals surface area contributed by atoms with Gasteiger partial charge in [0.15, 0.2) is 0 Å². The van der Waals surface area contributed by atoms with E-state index in [9.17, 15) is 4.79 Å². The molecule has 1 aromatic carbocycles. The fourth-order valence-corrected chi connectivity index (χ4v) is 4.73. The maximum absolute atomic E-state index is 12.6. The van der Waals surface area contributed by atoms with Crippen LogP contribution in [0.25, 0.3) is 10.2 Å². The van der Waals surface area contributed by atoms with Crippen LogP contribution in [0, 0.1) is 0 Å². The van der Waals surface area contributed by atoms with Gasteiger partial charge in [0.1, 0.15) is 5.01 Å². The van der Waals surface area contributed by atoms with Crippen LogP contribution in [0.15, 0.2) is 24.3 Å². The van der Waals surface area contributed by atoms with E-state index in [2.05, 4.69) is 11.4 Å². The minimum atomic E-state index is 0.0368. The first-order valence-corrected chi connectivity index (χ1v) is 9.64. The highest BCUT2D eigenvalue weighted by Gasteiger charge is 2.32. The van der Waals surface area contributed by atoms with Crippen LogP contribution < -0.4 is 5.32 Å². The van der Waals surface area contributed by atoms with E-state index >= 15 is 0 Å². The monoisotopic (exact) mass is 345 g/mol. The highest BCUT2D eigenvalue weighted by Crippen LogP contribution is 2.36. The molecule has 0 spiro atoms. The molecule has 2 aromatic rings. The Kier molecular flexibility index (Phi) is 4.67. The quantitative estimate of drug-likeness (QED) is 0.919. The molecule has 24 heavy (non-hydrogen) atoms. The number of likely N-dealkylation sites (tertiary alicyclic amines) is 1. The van der Waals surface area contributed by atoms with Gasteiger partial charge < -0.3 is 15.0 Å². The molecule has 0 aliphatic carbocycles. The van der Waals surface area contributed by atoms with Gasteiger partial charge in [-0.25, -0.2) is 9.78 Å². The number of para-hydroxylation sites is 1. The number of hydrogen-bond acceptors (Lipinski definition) is 4. The summed E-state index contributed by atoms with van der Waals surface area (Å²) in [6.07, 6.45) is 5.53. The number of fused-ring (bicyclic) bond motifs is 1. The van der Waals surface area contributed by atoms with Crippen molar-refractivity contribution >= 4 is 27.6 Å². The second kappa shape index (κ2) is 7.07. The van der Waals surface area contributed by atoms with Gasteiger partial charge in [-0.1, -0.05) is 12.1 Å². The number of hydrogen-bond donors (Lipinski definition) is 1. The van der Waals surface area contributed by atoms with Crippen LogP contribution in [0.3, 0.4) is 0 Å². The molecule has 4 rings (SSSR count). The lowest BCUT2D eigenvalue weighted by Gasteiger charge is -2.23. The lowest BCUT2D eigenvalue weighted by Crippen LogP contribution is -2.40. The van der Waals surface area contributed by atoms with E-state index in [1.54, 1.807) is 11.3 Å². The van der Waals surface area contributed by atoms with Gasteiger partial charge in [-0.05, 0) is 44.2 Å². The predicted molar refractivity (Wildman–Crippen MR) is 95.3 cm³/mol. The molecule has 2 saturated heterocycles. The van der Waals surface area contributed by atoms with Crippen molar-refractivity contribution < 1.29 is 9.53 Å². The van der Waals surface area contributed by atoms with E-state index in [-0.39, 0.29) is 12.1 Å². The minimum absolute atomic E-state index is 0.0368. The van der Waals surface area contributed by atoms with Gasteiger partial charge in [0.05, 0.1) is 22.4 Å². The summed E-state index contributed by atoms with van der Waals surface area (Å²) >= 11 is 1.71. The fourth-order valence-electron chi connectivity index (χ4n) is 3.61. The molecule has 0 saturated carbocycles. The Morgan fingerprint density at radius 3 is 3.08 bits per heavy atom. The Bertz CT molecular complexity index is 678. The second-order valence-electron chi connectivity index (χ2n) is 6.53. The standard InChI is InChI=1S/C18H23N3O2S/c22-18(19-10-9-13-5-4-12-23-13)21-11-3-7-15(21)17-20-14-6-1-2-8-16(14)24-17/h1-2,6,8,13,15H,3-5,7,9-12H2,(H,19,22)/t13-,15+/m0/s1. The summed E-state index contributed by atoms with van der Waals surface area (Å²) in [5, 5.41) is 4.13. The zero-order valence-corrected chi connectivity index (χ0v) is 14.6. The van der Waals surface area contributed by atoms with Crippen molar-refractivity contribution in [3.05, 3.63) is 29.3 Å². The first kappa shape index (κ1) is 15.8. The van der Waals surface area contributed by atoms with Crippen molar-refractivity contribution in [2.45, 2.75) is 44.2 Å². The number of rotatable bonds is 4. The van der Waals surface area contributed by atoms with Gasteiger partial charge >= 0.3 is 6.03 Å². The van der Waals surface area contributed by atoms with E-state index in [0.717, 1.165) is 55.8 Å². The summed E-state index contributed by atoms with van der Waals surface area (Å²) < 4.78 is 6.80. The summed E-state index contributed by atoms with van der Waals surface area (Å²) in [7, 11) is 0. The molecule has 2 amide bonds. The van der Waals surface area contributed by atoms with Crippen molar-refractivity contribution in [2.24, 2.45) is 0 Å². The highest BCUT2D eigenvalue weighted by molar-refractivity contribution is 7.18. The van der Waals surface area contributed by atoms with Crippen molar-refractivity contribution in [1.82, 2.24) is 15.2 Å². The van der Waals surface area contributed by atoms with Crippen molar-refractivity contribution in [3.63, 3.8) is 0 Å². The topological polar surface area (TPSA) is 54.5 Å². The van der Waals surface area contributed by atoms with Crippen LogP contribution in [-0.2, 0) is 4.74 Å². The summed E-state index contributed by atoms with van der Waals surface area (Å²) in [6.45, 7) is 2.36. The Balaban J connectivity index is 1.39. The summed E-state index contributed by atoms with van der Waals surface area (Å²) in [6, 6.07) is 8.33. The lowest BCUT2D eigenvalue weighted by molar-refractivity contribution is 0.104. The maximum Gasteiger partial charge on any atom is 0.317 e. The number of aromatic nitrogens is 1. The smallest absolute Gasteiger partial charge is 0.317 e. The zero-order valence-electron chi connectivity index (χ0n) is 13.7. The molecule has 0 bridgehead atoms. The first-order chi connectivity index (χ1) is 11.8. The maximum atomic E-state index is 12.6. The van der Waals surface area contributed by atoms with E-state index in [0.29, 0.717) is 12.6 Å². The van der Waals surface area contributed by atoms with E-state index in [4.69, 9.17) is 9.72 Å². The number of thiazole rings is 1. The third-order valence-electron chi connectivity index (χ3n) is 4.88. The molecule has 2 atom stereocenters. The number of ether oxygens (including phenoxy) is 1. The third kappa shape index (κ3) is 3.26. The molecule has 1 N–H and O–H groups in total. The van der Waals surface area contributed by atoms with Gasteiger partial charge in [0.2, 0.25) is 0 Å². The van der Waals surface area contributed by atoms with Crippen LogP contribution in [-0.4, -0.2) is 41.7 Å². The van der Waals surface area contributed by atoms with Gasteiger partial charge in [0.25, 0.3) is 0 Å². The molecule has 2 fully saturated rings. The molecule has 1 aromatic heterocycles. The van der Waals surface area contributed by atoms with Crippen LogP contribution >= 0.6 is 11.3 Å². The summed E-state index contributed by atoms with van der Waals surface area (Å²) in [5.74, 6) is 0. The molecule has 2 aliphatic heterocycles. The van der Waals surface area contributed by atoms with Crippen molar-refractivity contribution in [3.8, 4) is 0 Å². The number of carbonyl (C=O) groups excluding carboxylic acids is 1. The Morgan fingerprint density at radius 2 is 2.25 bits per heavy atom. The lowest BCUT2D eigenvalue weighted by atomic mass is 10.2. The molecular weight excluding hydrogens is 322 g/mol. The third-order valence-corrected chi connectivity index (χ3v) is 6.01. The van der Waals surface area contributed by atoms with E-state index < -0.39 is 0 Å². The molecule has 2 aliphatic rings. The normalized spacial score (nSPS) is 23.9. The van der Waals surface area contributed by atoms with Gasteiger partial charge in [-0.3, -0.25) is 0 Å². The van der Waals surface area contributed by atoms with Crippen molar-refractivity contribution in [2.75, 3.05) is 19.7 Å². The molecular formula is C18H23N3O2S. The Labute approximate surface area is 146 Å².